The van der Waals surface area contributed by atoms with E-state index in [4.69, 9.17) is 4.74 Å². The molecule has 1 aliphatic heterocycles. The molecular weight excluding hydrogens is 304 g/mol. The van der Waals surface area contributed by atoms with Gasteiger partial charge in [0.25, 0.3) is 5.91 Å². The molecule has 0 aliphatic carbocycles. The second kappa shape index (κ2) is 7.65. The molecule has 0 aromatic heterocycles. The number of hydrogen-bond acceptors (Lipinski definition) is 5. The molecule has 7 heteroatoms. The van der Waals surface area contributed by atoms with Gasteiger partial charge in [0.05, 0.1) is 0 Å². The van der Waals surface area contributed by atoms with Gasteiger partial charge in [0.1, 0.15) is 0 Å². The molecule has 1 fully saturated rings. The first-order valence-corrected chi connectivity index (χ1v) is 7.89. The third-order valence-corrected chi connectivity index (χ3v) is 3.77. The van der Waals surface area contributed by atoms with Gasteiger partial charge in [0.15, 0.2) is 6.61 Å². The Kier molecular flexibility index (Phi) is 5.60. The van der Waals surface area contributed by atoms with Gasteiger partial charge in [-0.05, 0) is 30.0 Å². The number of esters is 1. The van der Waals surface area contributed by atoms with Crippen molar-refractivity contribution < 1.29 is 19.1 Å². The molecule has 0 spiro atoms. The molecule has 3 amide bonds. The number of nitrogens with zero attached hydrogens (tertiary/aromatic N) is 1. The number of amides is 3. The molecule has 0 unspecified atom stereocenters. The lowest BCUT2D eigenvalue weighted by Crippen LogP contribution is -2.37. The number of carbonyl (C=O) groups excluding carboxylic acids is 3. The number of benzene rings is 1. The van der Waals surface area contributed by atoms with Gasteiger partial charge < -0.3 is 10.1 Å². The third kappa shape index (κ3) is 4.36. The molecular formula is C15H16N2O4S. The van der Waals surface area contributed by atoms with Gasteiger partial charge in [-0.2, -0.15) is 0 Å². The normalized spacial score (nSPS) is 14.2. The summed E-state index contributed by atoms with van der Waals surface area (Å²) in [6.07, 6.45) is 4.85. The molecule has 0 saturated carbocycles. The lowest BCUT2D eigenvalue weighted by atomic mass is 10.2. The molecule has 1 heterocycles. The van der Waals surface area contributed by atoms with Crippen molar-refractivity contribution in [1.29, 1.82) is 0 Å². The molecule has 0 bridgehead atoms. The monoisotopic (exact) mass is 320 g/mol. The smallest absolute Gasteiger partial charge is 0.331 e. The fourth-order valence-electron chi connectivity index (χ4n) is 1.85. The van der Waals surface area contributed by atoms with Crippen LogP contribution < -0.4 is 5.32 Å². The first-order valence-electron chi connectivity index (χ1n) is 6.67. The Labute approximate surface area is 132 Å². The second-order valence-corrected chi connectivity index (χ2v) is 5.37. The highest BCUT2D eigenvalue weighted by molar-refractivity contribution is 7.98. The summed E-state index contributed by atoms with van der Waals surface area (Å²) >= 11 is 1.63. The Balaban J connectivity index is 1.80. The predicted octanol–water partition coefficient (Wildman–Crippen LogP) is 1.52. The van der Waals surface area contributed by atoms with Gasteiger partial charge in [-0.1, -0.05) is 12.1 Å². The topological polar surface area (TPSA) is 75.7 Å². The molecule has 1 aliphatic rings. The van der Waals surface area contributed by atoms with Crippen LogP contribution in [-0.4, -0.2) is 48.8 Å². The van der Waals surface area contributed by atoms with Crippen LogP contribution in [0, 0.1) is 0 Å². The van der Waals surface area contributed by atoms with Crippen molar-refractivity contribution in [3.05, 3.63) is 35.9 Å². The Morgan fingerprint density at radius 3 is 2.68 bits per heavy atom. The summed E-state index contributed by atoms with van der Waals surface area (Å²) < 4.78 is 4.83. The lowest BCUT2D eigenvalue weighted by molar-refractivity contribution is -0.146. The van der Waals surface area contributed by atoms with E-state index in [1.54, 1.807) is 17.8 Å². The number of carbonyl (C=O) groups is 3. The van der Waals surface area contributed by atoms with Crippen LogP contribution in [0.25, 0.3) is 6.08 Å². The number of nitrogens with one attached hydrogen (secondary N) is 1. The van der Waals surface area contributed by atoms with Crippen molar-refractivity contribution in [2.24, 2.45) is 0 Å². The average molecular weight is 320 g/mol. The van der Waals surface area contributed by atoms with E-state index in [9.17, 15) is 14.4 Å². The van der Waals surface area contributed by atoms with Crippen LogP contribution in [0.5, 0.6) is 0 Å². The van der Waals surface area contributed by atoms with E-state index < -0.39 is 24.5 Å². The van der Waals surface area contributed by atoms with Crippen LogP contribution in [0.4, 0.5) is 4.79 Å². The van der Waals surface area contributed by atoms with E-state index in [0.717, 1.165) is 15.4 Å². The summed E-state index contributed by atoms with van der Waals surface area (Å²) in [5.41, 5.74) is 0.861. The summed E-state index contributed by atoms with van der Waals surface area (Å²) in [5, 5.41) is 2.50. The van der Waals surface area contributed by atoms with Crippen molar-refractivity contribution in [3.8, 4) is 0 Å². The molecule has 2 rings (SSSR count). The Hall–Kier alpha value is -2.28. The molecule has 6 nitrogen and oxygen atoms in total. The van der Waals surface area contributed by atoms with Crippen LogP contribution >= 0.6 is 11.8 Å². The zero-order valence-electron chi connectivity index (χ0n) is 12.1. The average Bonchev–Trinajstić information content (AvgIpc) is 2.97. The second-order valence-electron chi connectivity index (χ2n) is 4.49. The van der Waals surface area contributed by atoms with E-state index in [-0.39, 0.29) is 0 Å². The zero-order chi connectivity index (χ0) is 15.9. The summed E-state index contributed by atoms with van der Waals surface area (Å²) in [5.74, 6) is -1.15. The highest BCUT2D eigenvalue weighted by Gasteiger charge is 2.26. The summed E-state index contributed by atoms with van der Waals surface area (Å²) in [4.78, 5) is 36.6. The highest BCUT2D eigenvalue weighted by atomic mass is 32.2. The van der Waals surface area contributed by atoms with Crippen molar-refractivity contribution in [2.75, 3.05) is 26.0 Å². The minimum Gasteiger partial charge on any atom is -0.452 e. The third-order valence-electron chi connectivity index (χ3n) is 3.02. The van der Waals surface area contributed by atoms with Gasteiger partial charge >= 0.3 is 12.0 Å². The number of rotatable bonds is 5. The van der Waals surface area contributed by atoms with Gasteiger partial charge in [-0.15, -0.1) is 11.8 Å². The molecule has 1 saturated heterocycles. The van der Waals surface area contributed by atoms with Gasteiger partial charge in [-0.25, -0.2) is 9.59 Å². The molecule has 0 atom stereocenters. The Morgan fingerprint density at radius 1 is 1.36 bits per heavy atom. The number of ether oxygens (including phenoxy) is 1. The number of imide groups is 1. The molecule has 116 valence electrons. The maximum absolute atomic E-state index is 11.7. The molecule has 1 N–H and O–H groups in total. The van der Waals surface area contributed by atoms with E-state index in [1.807, 2.05) is 30.5 Å². The standard InChI is InChI=1S/C15H16N2O4S/c1-22-12-5-2-11(3-6-12)4-7-14(19)21-10-13(18)17-9-8-16-15(17)20/h2-7H,8-10H2,1H3,(H,16,20)/b7-4+. The Morgan fingerprint density at radius 2 is 2.09 bits per heavy atom. The largest absolute Gasteiger partial charge is 0.452 e. The number of urea groups is 1. The summed E-state index contributed by atoms with van der Waals surface area (Å²) in [7, 11) is 0. The molecule has 22 heavy (non-hydrogen) atoms. The van der Waals surface area contributed by atoms with Crippen LogP contribution in [0.15, 0.2) is 35.2 Å². The summed E-state index contributed by atoms with van der Waals surface area (Å²) in [6, 6.07) is 7.21. The van der Waals surface area contributed by atoms with Gasteiger partial charge in [-0.3, -0.25) is 9.69 Å². The molecule has 0 radical (unpaired) electrons. The first-order chi connectivity index (χ1) is 10.6. The number of thioether (sulfide) groups is 1. The minimum absolute atomic E-state index is 0.298. The first kappa shape index (κ1) is 16.1. The van der Waals surface area contributed by atoms with Gasteiger partial charge in [0, 0.05) is 24.1 Å². The van der Waals surface area contributed by atoms with E-state index in [2.05, 4.69) is 5.32 Å². The van der Waals surface area contributed by atoms with Crippen molar-refractivity contribution in [1.82, 2.24) is 10.2 Å². The fourth-order valence-corrected chi connectivity index (χ4v) is 2.26. The number of hydrogen-bond donors (Lipinski definition) is 1. The van der Waals surface area contributed by atoms with Crippen LogP contribution in [0.2, 0.25) is 0 Å². The van der Waals surface area contributed by atoms with Crippen molar-refractivity contribution in [3.63, 3.8) is 0 Å². The zero-order valence-corrected chi connectivity index (χ0v) is 12.9. The maximum atomic E-state index is 11.7. The van der Waals surface area contributed by atoms with Crippen molar-refractivity contribution in [2.45, 2.75) is 4.90 Å². The van der Waals surface area contributed by atoms with E-state index in [0.29, 0.717) is 13.1 Å². The SMILES string of the molecule is CSc1ccc(/C=C/C(=O)OCC(=O)N2CCNC2=O)cc1. The quantitative estimate of drug-likeness (QED) is 0.506. The van der Waals surface area contributed by atoms with E-state index >= 15 is 0 Å². The molecule has 1 aromatic rings. The van der Waals surface area contributed by atoms with Crippen LogP contribution in [0.3, 0.4) is 0 Å². The Bertz CT molecular complexity index is 598. The van der Waals surface area contributed by atoms with E-state index in [1.165, 1.54) is 6.08 Å². The summed E-state index contributed by atoms with van der Waals surface area (Å²) in [6.45, 7) is 0.277. The molecule has 1 aromatic carbocycles. The van der Waals surface area contributed by atoms with Crippen LogP contribution in [-0.2, 0) is 14.3 Å². The maximum Gasteiger partial charge on any atom is 0.331 e. The lowest BCUT2D eigenvalue weighted by Gasteiger charge is -2.11. The van der Waals surface area contributed by atoms with Crippen molar-refractivity contribution >= 4 is 35.7 Å². The minimum atomic E-state index is -0.623. The fraction of sp³-hybridized carbons (Fsp3) is 0.267. The highest BCUT2D eigenvalue weighted by Crippen LogP contribution is 2.15. The van der Waals surface area contributed by atoms with Gasteiger partial charge in [0.2, 0.25) is 0 Å². The van der Waals surface area contributed by atoms with Crippen LogP contribution in [0.1, 0.15) is 5.56 Å². The predicted molar refractivity (Wildman–Crippen MR) is 83.3 cm³/mol.